The van der Waals surface area contributed by atoms with Crippen molar-refractivity contribution < 1.29 is 17.3 Å². The Morgan fingerprint density at radius 1 is 0.857 bits per heavy atom. The summed E-state index contributed by atoms with van der Waals surface area (Å²) in [6.45, 7) is 3.10. The summed E-state index contributed by atoms with van der Waals surface area (Å²) in [5, 5.41) is 0. The zero-order valence-electron chi connectivity index (χ0n) is 11.9. The van der Waals surface area contributed by atoms with Crippen molar-refractivity contribution in [3.05, 3.63) is 65.7 Å². The lowest BCUT2D eigenvalue weighted by Crippen LogP contribution is -2.17. The molecule has 0 N–H and O–H groups in total. The highest BCUT2D eigenvalue weighted by molar-refractivity contribution is 6.50. The average molecular weight is 298 g/mol. The Hall–Kier alpha value is -1.98. The van der Waals surface area contributed by atoms with Gasteiger partial charge in [0, 0.05) is 19.3 Å². The number of para-hydroxylation sites is 1. The van der Waals surface area contributed by atoms with Crippen LogP contribution in [0.5, 0.6) is 0 Å². The van der Waals surface area contributed by atoms with Crippen molar-refractivity contribution in [2.24, 2.45) is 0 Å². The molecule has 0 bridgehead atoms. The van der Waals surface area contributed by atoms with Gasteiger partial charge in [-0.1, -0.05) is 48.5 Å². The molecule has 0 saturated carbocycles. The van der Waals surface area contributed by atoms with Crippen LogP contribution in [0.4, 0.5) is 23.0 Å². The molecule has 114 valence electrons. The highest BCUT2D eigenvalue weighted by atomic mass is 19.5. The van der Waals surface area contributed by atoms with Crippen LogP contribution in [-0.2, 0) is 6.54 Å². The summed E-state index contributed by atoms with van der Waals surface area (Å²) in [7, 11) is -3.87. The van der Waals surface area contributed by atoms with E-state index in [2.05, 4.69) is 73.5 Å². The average Bonchev–Trinajstić information content (AvgIpc) is 2.38. The van der Waals surface area contributed by atoms with Gasteiger partial charge in [0.05, 0.1) is 0 Å². The smallest absolute Gasteiger partial charge is 0.418 e. The first-order chi connectivity index (χ1) is 9.77. The summed E-state index contributed by atoms with van der Waals surface area (Å²) < 4.78 is 39.0. The van der Waals surface area contributed by atoms with Gasteiger partial charge in [-0.05, 0) is 24.1 Å². The van der Waals surface area contributed by atoms with Gasteiger partial charge in [0.2, 0.25) is 0 Å². The van der Waals surface area contributed by atoms with Crippen molar-refractivity contribution in [2.45, 2.75) is 13.5 Å². The van der Waals surface area contributed by atoms with Crippen LogP contribution >= 0.6 is 0 Å². The Kier molecular flexibility index (Phi) is 6.27. The van der Waals surface area contributed by atoms with E-state index in [9.17, 15) is 17.3 Å². The predicted molar refractivity (Wildman–Crippen MR) is 79.9 cm³/mol. The SMILES string of the molecule is Cc1ccccc1N(C)Cc1ccccc1.F[B-](F)(F)F. The third-order valence-electron chi connectivity index (χ3n) is 2.79. The molecule has 21 heavy (non-hydrogen) atoms. The fourth-order valence-electron chi connectivity index (χ4n) is 1.93. The van der Waals surface area contributed by atoms with Crippen LogP contribution in [0.1, 0.15) is 11.1 Å². The first-order valence-corrected chi connectivity index (χ1v) is 6.45. The van der Waals surface area contributed by atoms with Crippen LogP contribution in [0.25, 0.3) is 0 Å². The highest BCUT2D eigenvalue weighted by Gasteiger charge is 2.20. The summed E-state index contributed by atoms with van der Waals surface area (Å²) in [5.74, 6) is 0. The van der Waals surface area contributed by atoms with E-state index in [4.69, 9.17) is 0 Å². The molecule has 0 aliphatic rings. The van der Waals surface area contributed by atoms with Gasteiger partial charge in [-0.15, -0.1) is 0 Å². The molecule has 2 aromatic carbocycles. The minimum absolute atomic E-state index is 0.950. The van der Waals surface area contributed by atoms with Crippen LogP contribution in [0.15, 0.2) is 54.6 Å². The van der Waals surface area contributed by atoms with Crippen LogP contribution in [0.2, 0.25) is 0 Å². The van der Waals surface area contributed by atoms with E-state index in [1.807, 2.05) is 0 Å². The zero-order valence-corrected chi connectivity index (χ0v) is 11.9. The van der Waals surface area contributed by atoms with Crippen molar-refractivity contribution in [1.29, 1.82) is 0 Å². The van der Waals surface area contributed by atoms with Crippen LogP contribution < -0.4 is 4.90 Å². The first kappa shape index (κ1) is 17.1. The quantitative estimate of drug-likeness (QED) is 0.573. The second-order valence-electron chi connectivity index (χ2n) is 4.62. The van der Waals surface area contributed by atoms with Crippen molar-refractivity contribution in [3.8, 4) is 0 Å². The zero-order chi connectivity index (χ0) is 15.9. The van der Waals surface area contributed by atoms with E-state index < -0.39 is 7.25 Å². The molecule has 0 aliphatic carbocycles. The summed E-state index contributed by atoms with van der Waals surface area (Å²) in [5.41, 5.74) is 3.96. The topological polar surface area (TPSA) is 3.24 Å². The molecule has 0 unspecified atom stereocenters. The Morgan fingerprint density at radius 2 is 1.33 bits per heavy atom. The third kappa shape index (κ3) is 7.39. The van der Waals surface area contributed by atoms with Gasteiger partial charge in [-0.25, -0.2) is 0 Å². The van der Waals surface area contributed by atoms with Gasteiger partial charge >= 0.3 is 7.25 Å². The lowest BCUT2D eigenvalue weighted by Gasteiger charge is -2.21. The van der Waals surface area contributed by atoms with E-state index >= 15 is 0 Å². The minimum Gasteiger partial charge on any atom is -0.418 e. The molecule has 0 fully saturated rings. The van der Waals surface area contributed by atoms with E-state index in [1.165, 1.54) is 16.8 Å². The Bertz CT molecular complexity index is 537. The lowest BCUT2D eigenvalue weighted by molar-refractivity contribution is 0.368. The Balaban J connectivity index is 0.000000383. The minimum atomic E-state index is -6.00. The molecule has 0 spiro atoms. The second-order valence-corrected chi connectivity index (χ2v) is 4.62. The molecule has 0 aliphatic heterocycles. The molecule has 0 heterocycles. The van der Waals surface area contributed by atoms with Crippen molar-refractivity contribution in [3.63, 3.8) is 0 Å². The second kappa shape index (κ2) is 7.71. The number of benzene rings is 2. The maximum Gasteiger partial charge on any atom is 0.673 e. The number of halogens is 4. The Morgan fingerprint density at radius 3 is 1.86 bits per heavy atom. The van der Waals surface area contributed by atoms with E-state index in [-0.39, 0.29) is 0 Å². The number of aryl methyl sites for hydroxylation is 1. The molecule has 1 nitrogen and oxygen atoms in total. The van der Waals surface area contributed by atoms with Gasteiger partial charge in [-0.3, -0.25) is 0 Å². The number of hydrogen-bond acceptors (Lipinski definition) is 1. The molecule has 0 atom stereocenters. The summed E-state index contributed by atoms with van der Waals surface area (Å²) in [6.07, 6.45) is 0. The maximum atomic E-state index is 9.75. The molecule has 0 amide bonds. The summed E-state index contributed by atoms with van der Waals surface area (Å²) in [4.78, 5) is 2.28. The van der Waals surface area contributed by atoms with Crippen molar-refractivity contribution in [1.82, 2.24) is 0 Å². The van der Waals surface area contributed by atoms with Gasteiger partial charge in [0.15, 0.2) is 0 Å². The summed E-state index contributed by atoms with van der Waals surface area (Å²) >= 11 is 0. The van der Waals surface area contributed by atoms with Crippen LogP contribution in [0, 0.1) is 6.92 Å². The lowest BCUT2D eigenvalue weighted by atomic mass is 10.1. The van der Waals surface area contributed by atoms with Gasteiger partial charge in [0.1, 0.15) is 0 Å². The molecule has 2 aromatic rings. The number of rotatable bonds is 3. The number of hydrogen-bond donors (Lipinski definition) is 0. The fraction of sp³-hybridized carbons (Fsp3) is 0.200. The molecule has 2 rings (SSSR count). The molecular formula is C15H17BF4N-. The van der Waals surface area contributed by atoms with Crippen LogP contribution in [0.3, 0.4) is 0 Å². The van der Waals surface area contributed by atoms with E-state index in [1.54, 1.807) is 0 Å². The van der Waals surface area contributed by atoms with Crippen LogP contribution in [-0.4, -0.2) is 14.3 Å². The van der Waals surface area contributed by atoms with E-state index in [0.717, 1.165) is 6.54 Å². The summed E-state index contributed by atoms with van der Waals surface area (Å²) in [6, 6.07) is 19.0. The first-order valence-electron chi connectivity index (χ1n) is 6.45. The molecule has 0 saturated heterocycles. The standard InChI is InChI=1S/C15H17N.BF4/c1-13-8-6-7-11-15(13)16(2)12-14-9-4-3-5-10-14;2-1(3,4)5/h3-11H,12H2,1-2H3;/q;-1. The largest absolute Gasteiger partial charge is 0.673 e. The van der Waals surface area contributed by atoms with Gasteiger partial charge < -0.3 is 22.2 Å². The van der Waals surface area contributed by atoms with Crippen molar-refractivity contribution >= 4 is 12.9 Å². The van der Waals surface area contributed by atoms with Gasteiger partial charge in [0.25, 0.3) is 0 Å². The predicted octanol–water partition coefficient (Wildman–Crippen LogP) is 4.93. The molecular weight excluding hydrogens is 281 g/mol. The third-order valence-corrected chi connectivity index (χ3v) is 2.79. The molecule has 6 heteroatoms. The Labute approximate surface area is 122 Å². The monoisotopic (exact) mass is 298 g/mol. The van der Waals surface area contributed by atoms with Gasteiger partial charge in [-0.2, -0.15) is 0 Å². The van der Waals surface area contributed by atoms with E-state index in [0.29, 0.717) is 0 Å². The molecule has 0 radical (unpaired) electrons. The maximum absolute atomic E-state index is 9.75. The normalized spacial score (nSPS) is 10.6. The molecule has 0 aromatic heterocycles. The number of nitrogens with zero attached hydrogens (tertiary/aromatic N) is 1. The fourth-order valence-corrected chi connectivity index (χ4v) is 1.93. The van der Waals surface area contributed by atoms with Crippen molar-refractivity contribution in [2.75, 3.05) is 11.9 Å². The number of anilines is 1. The highest BCUT2D eigenvalue weighted by Crippen LogP contribution is 2.19.